The number of nitrogens with zero attached hydrogens (tertiary/aromatic N) is 1. The number of carbonyl (C=O) groups excluding carboxylic acids is 3. The number of aliphatic hydroxyl groups is 1. The zero-order valence-corrected chi connectivity index (χ0v) is 22.4. The molecule has 3 aliphatic heterocycles. The molecule has 7 nitrogen and oxygen atoms in total. The molecule has 7 atom stereocenters. The molecule has 4 aliphatic rings. The van der Waals surface area contributed by atoms with Gasteiger partial charge >= 0.3 is 0 Å². The lowest BCUT2D eigenvalue weighted by Crippen LogP contribution is -2.58. The Labute approximate surface area is 219 Å². The van der Waals surface area contributed by atoms with Crippen molar-refractivity contribution in [2.45, 2.75) is 77.9 Å². The van der Waals surface area contributed by atoms with Crippen LogP contribution in [0, 0.1) is 11.8 Å². The number of alkyl halides is 1. The van der Waals surface area contributed by atoms with Crippen LogP contribution in [0.5, 0.6) is 0 Å². The number of rotatable bonds is 7. The van der Waals surface area contributed by atoms with Crippen molar-refractivity contribution in [1.29, 1.82) is 0 Å². The Balaban J connectivity index is 1.53. The molecule has 2 bridgehead atoms. The minimum atomic E-state index is -0.715. The number of aliphatic hydroxyl groups excluding tert-OH is 1. The predicted octanol–water partition coefficient (Wildman–Crippen LogP) is 2.25. The van der Waals surface area contributed by atoms with Crippen LogP contribution in [0.1, 0.15) is 44.1 Å². The first-order valence-corrected chi connectivity index (χ1v) is 14.5. The van der Waals surface area contributed by atoms with Crippen LogP contribution in [0.4, 0.5) is 0 Å². The van der Waals surface area contributed by atoms with Gasteiger partial charge in [-0.1, -0.05) is 65.5 Å². The van der Waals surface area contributed by atoms with Crippen molar-refractivity contribution in [3.8, 4) is 0 Å². The first-order chi connectivity index (χ1) is 16.9. The van der Waals surface area contributed by atoms with Crippen LogP contribution >= 0.6 is 27.7 Å². The number of amides is 3. The van der Waals surface area contributed by atoms with Gasteiger partial charge in [0, 0.05) is 23.2 Å². The van der Waals surface area contributed by atoms with Gasteiger partial charge in [-0.15, -0.1) is 11.8 Å². The lowest BCUT2D eigenvalue weighted by Gasteiger charge is -2.38. The van der Waals surface area contributed by atoms with Gasteiger partial charge in [0.15, 0.2) is 0 Å². The first-order valence-electron chi connectivity index (χ1n) is 12.7. The van der Waals surface area contributed by atoms with Crippen molar-refractivity contribution < 1.29 is 19.5 Å². The van der Waals surface area contributed by atoms with E-state index in [1.165, 1.54) is 6.42 Å². The lowest BCUT2D eigenvalue weighted by atomic mass is 9.70. The summed E-state index contributed by atoms with van der Waals surface area (Å²) in [6.07, 6.45) is 6.38. The zero-order valence-electron chi connectivity index (χ0n) is 20.0. The smallest absolute Gasteiger partial charge is 0.244 e. The Morgan fingerprint density at radius 1 is 1.20 bits per heavy atom. The maximum absolute atomic E-state index is 14.1. The monoisotopic (exact) mass is 563 g/mol. The fourth-order valence-electron chi connectivity index (χ4n) is 6.89. The van der Waals surface area contributed by atoms with Gasteiger partial charge in [0.25, 0.3) is 0 Å². The van der Waals surface area contributed by atoms with Crippen LogP contribution in [-0.4, -0.2) is 74.3 Å². The van der Waals surface area contributed by atoms with Crippen molar-refractivity contribution >= 4 is 45.4 Å². The molecule has 5 rings (SSSR count). The van der Waals surface area contributed by atoms with Crippen LogP contribution < -0.4 is 10.6 Å². The predicted molar refractivity (Wildman–Crippen MR) is 139 cm³/mol. The first kappa shape index (κ1) is 25.1. The molecule has 4 fully saturated rings. The highest BCUT2D eigenvalue weighted by Gasteiger charge is 2.76. The van der Waals surface area contributed by atoms with E-state index in [-0.39, 0.29) is 40.4 Å². The van der Waals surface area contributed by atoms with Crippen molar-refractivity contribution in [2.75, 3.05) is 13.7 Å². The van der Waals surface area contributed by atoms with Crippen LogP contribution in [-0.2, 0) is 20.8 Å². The summed E-state index contributed by atoms with van der Waals surface area (Å²) in [6, 6.07) is 8.61. The van der Waals surface area contributed by atoms with Crippen molar-refractivity contribution in [3.05, 3.63) is 35.9 Å². The number of likely N-dealkylation sites (tertiary alicyclic amines) is 1. The average Bonchev–Trinajstić information content (AvgIpc) is 3.46. The molecular weight excluding hydrogens is 530 g/mol. The molecule has 3 N–H and O–H groups in total. The van der Waals surface area contributed by atoms with Gasteiger partial charge in [-0.2, -0.15) is 0 Å². The fraction of sp³-hybridized carbons (Fsp3) is 0.654. The number of hydrogen-bond donors (Lipinski definition) is 3. The van der Waals surface area contributed by atoms with Crippen LogP contribution in [0.15, 0.2) is 30.3 Å². The van der Waals surface area contributed by atoms with Crippen LogP contribution in [0.2, 0.25) is 0 Å². The second-order valence-electron chi connectivity index (χ2n) is 10.4. The highest BCUT2D eigenvalue weighted by molar-refractivity contribution is 9.09. The van der Waals surface area contributed by atoms with Gasteiger partial charge in [0.05, 0.1) is 29.2 Å². The number of thioether (sulfide) groups is 1. The minimum Gasteiger partial charge on any atom is -0.394 e. The quantitative estimate of drug-likeness (QED) is 0.442. The minimum absolute atomic E-state index is 0.0467. The van der Waals surface area contributed by atoms with Gasteiger partial charge in [-0.3, -0.25) is 14.4 Å². The van der Waals surface area contributed by atoms with E-state index in [0.717, 1.165) is 31.2 Å². The van der Waals surface area contributed by atoms with Gasteiger partial charge < -0.3 is 20.6 Å². The SMILES string of the molecule is CNC(=O)[C@H]1[C@H]2C(=O)N([C@@H](CO)Cc3ccccc3)C(C(=O)NC3CCCCC3)C23CC(Br)[C@@H]1S3. The molecule has 0 radical (unpaired) electrons. The molecule has 3 saturated heterocycles. The van der Waals surface area contributed by atoms with Crippen molar-refractivity contribution in [2.24, 2.45) is 11.8 Å². The van der Waals surface area contributed by atoms with Crippen LogP contribution in [0.3, 0.4) is 0 Å². The molecular formula is C26H34BrN3O4S. The molecule has 1 aromatic rings. The number of benzene rings is 1. The second-order valence-corrected chi connectivity index (χ2v) is 13.1. The molecule has 1 aromatic carbocycles. The highest BCUT2D eigenvalue weighted by Crippen LogP contribution is 2.68. The largest absolute Gasteiger partial charge is 0.394 e. The van der Waals surface area contributed by atoms with Gasteiger partial charge in [-0.25, -0.2) is 0 Å². The number of nitrogens with one attached hydrogen (secondary N) is 2. The molecule has 3 heterocycles. The molecule has 1 aliphatic carbocycles. The summed E-state index contributed by atoms with van der Waals surface area (Å²) in [4.78, 5) is 42.8. The van der Waals surface area contributed by atoms with E-state index in [2.05, 4.69) is 26.6 Å². The Kier molecular flexibility index (Phi) is 7.21. The highest BCUT2D eigenvalue weighted by atomic mass is 79.9. The maximum atomic E-state index is 14.1. The topological polar surface area (TPSA) is 98.7 Å². The lowest BCUT2D eigenvalue weighted by molar-refractivity contribution is -0.142. The summed E-state index contributed by atoms with van der Waals surface area (Å²) in [5.41, 5.74) is 0.999. The van der Waals surface area contributed by atoms with E-state index < -0.39 is 28.7 Å². The molecule has 0 aromatic heterocycles. The maximum Gasteiger partial charge on any atom is 0.244 e. The van der Waals surface area contributed by atoms with E-state index in [4.69, 9.17) is 0 Å². The van der Waals surface area contributed by atoms with Gasteiger partial charge in [0.2, 0.25) is 17.7 Å². The van der Waals surface area contributed by atoms with Crippen molar-refractivity contribution in [1.82, 2.24) is 15.5 Å². The summed E-state index contributed by atoms with van der Waals surface area (Å²) in [5.74, 6) is -1.53. The number of hydrogen-bond acceptors (Lipinski definition) is 5. The Morgan fingerprint density at radius 2 is 1.91 bits per heavy atom. The Hall–Kier alpha value is -1.58. The summed E-state index contributed by atoms with van der Waals surface area (Å²) in [5, 5.41) is 16.4. The van der Waals surface area contributed by atoms with E-state index in [0.29, 0.717) is 12.8 Å². The molecule has 9 heteroatoms. The van der Waals surface area contributed by atoms with Crippen LogP contribution in [0.25, 0.3) is 0 Å². The molecule has 190 valence electrons. The molecule has 1 spiro atoms. The number of halogens is 1. The summed E-state index contributed by atoms with van der Waals surface area (Å²) in [7, 11) is 1.60. The average molecular weight is 565 g/mol. The Morgan fingerprint density at radius 3 is 2.57 bits per heavy atom. The number of fused-ring (bicyclic) bond motifs is 1. The third kappa shape index (κ3) is 4.21. The van der Waals surface area contributed by atoms with E-state index >= 15 is 0 Å². The van der Waals surface area contributed by atoms with E-state index in [9.17, 15) is 19.5 Å². The third-order valence-corrected chi connectivity index (χ3v) is 11.6. The normalized spacial score (nSPS) is 35.1. The van der Waals surface area contributed by atoms with Gasteiger partial charge in [0.1, 0.15) is 6.04 Å². The molecule has 1 saturated carbocycles. The van der Waals surface area contributed by atoms with E-state index in [1.807, 2.05) is 30.3 Å². The van der Waals surface area contributed by atoms with E-state index in [1.54, 1.807) is 23.7 Å². The summed E-state index contributed by atoms with van der Waals surface area (Å²) < 4.78 is -0.685. The third-order valence-electron chi connectivity index (χ3n) is 8.39. The number of carbonyl (C=O) groups is 3. The molecule has 35 heavy (non-hydrogen) atoms. The fourth-order valence-corrected chi connectivity index (χ4v) is 10.5. The zero-order chi connectivity index (χ0) is 24.7. The second kappa shape index (κ2) is 10.1. The Bertz CT molecular complexity index is 975. The summed E-state index contributed by atoms with van der Waals surface area (Å²) >= 11 is 5.41. The van der Waals surface area contributed by atoms with Crippen molar-refractivity contribution in [3.63, 3.8) is 0 Å². The standard InChI is InChI=1S/C26H34BrN3O4S/c1-28-23(32)19-20-25(34)30(17(14-31)12-15-8-4-2-5-9-15)22(26(20)13-18(27)21(19)35-26)24(33)29-16-10-6-3-7-11-16/h2,4-5,8-9,16-22,31H,3,6-7,10-14H2,1H3,(H,28,32)(H,29,33)/t17-,18?,19+,20+,21+,22?,26?/m1/s1. The summed E-state index contributed by atoms with van der Waals surface area (Å²) in [6.45, 7) is -0.243. The molecule has 3 amide bonds. The van der Waals surface area contributed by atoms with Gasteiger partial charge in [-0.05, 0) is 31.2 Å². The molecule has 3 unspecified atom stereocenters.